The van der Waals surface area contributed by atoms with Crippen molar-refractivity contribution in [2.45, 2.75) is 37.1 Å². The molecule has 2 amide bonds. The number of nitrogens with zero attached hydrogens (tertiary/aromatic N) is 2. The van der Waals surface area contributed by atoms with E-state index in [4.69, 9.17) is 43.1 Å². The second-order valence-electron chi connectivity index (χ2n) is 11.8. The van der Waals surface area contributed by atoms with Crippen LogP contribution in [0.2, 0.25) is 10.0 Å². The second-order valence-corrected chi connectivity index (χ2v) is 12.6. The van der Waals surface area contributed by atoms with Crippen molar-refractivity contribution in [2.75, 3.05) is 47.5 Å². The van der Waals surface area contributed by atoms with Gasteiger partial charge in [0.05, 0.1) is 36.8 Å². The largest absolute Gasteiger partial charge is 0.493 e. The fourth-order valence-electron chi connectivity index (χ4n) is 7.05. The minimum absolute atomic E-state index is 0.0899. The zero-order valence-electron chi connectivity index (χ0n) is 25.8. The Kier molecular flexibility index (Phi) is 9.82. The van der Waals surface area contributed by atoms with E-state index in [1.807, 2.05) is 11.0 Å². The van der Waals surface area contributed by atoms with E-state index in [0.29, 0.717) is 71.0 Å². The summed E-state index contributed by atoms with van der Waals surface area (Å²) in [6.07, 6.45) is 1.26. The van der Waals surface area contributed by atoms with Crippen LogP contribution in [-0.4, -0.2) is 75.2 Å². The summed E-state index contributed by atoms with van der Waals surface area (Å²) >= 11 is 12.7. The Labute approximate surface area is 273 Å². The monoisotopic (exact) mass is 657 g/mol. The van der Waals surface area contributed by atoms with Gasteiger partial charge in [-0.1, -0.05) is 41.4 Å². The number of rotatable bonds is 9. The molecule has 3 aromatic rings. The van der Waals surface area contributed by atoms with Crippen LogP contribution in [0.25, 0.3) is 0 Å². The topological polar surface area (TPSA) is 94.3 Å². The van der Waals surface area contributed by atoms with Crippen molar-refractivity contribution in [2.24, 2.45) is 11.7 Å². The maximum Gasteiger partial charge on any atom is 0.254 e. The summed E-state index contributed by atoms with van der Waals surface area (Å²) in [7, 11) is 4.56. The lowest BCUT2D eigenvalue weighted by Crippen LogP contribution is -2.57. The first-order chi connectivity index (χ1) is 21.5. The van der Waals surface area contributed by atoms with E-state index in [-0.39, 0.29) is 29.6 Å². The molecule has 0 bridgehead atoms. The average molecular weight is 659 g/mol. The summed E-state index contributed by atoms with van der Waals surface area (Å²) in [5.41, 5.74) is 7.08. The normalized spacial score (nSPS) is 22.6. The highest BCUT2D eigenvalue weighted by Crippen LogP contribution is 2.47. The second kappa shape index (κ2) is 13.4. The van der Waals surface area contributed by atoms with Gasteiger partial charge in [-0.2, -0.15) is 0 Å². The molecule has 0 aromatic heterocycles. The van der Waals surface area contributed by atoms with Crippen molar-refractivity contribution >= 4 is 35.0 Å². The lowest BCUT2D eigenvalue weighted by molar-refractivity contribution is -0.126. The molecule has 2 heterocycles. The SMILES string of the molecule is COc1cc(C(=O)N2CCC(C(C)N3CCC(C(N)=O)(c4ccc(F)cc4)C(c4ccc(Cl)c(Cl)c4)C3)C2)cc(OC)c1OC. The van der Waals surface area contributed by atoms with E-state index in [1.165, 1.54) is 33.5 Å². The Morgan fingerprint density at radius 1 is 0.933 bits per heavy atom. The molecule has 11 heteroatoms. The summed E-state index contributed by atoms with van der Waals surface area (Å²) in [5.74, 6) is 0.124. The lowest BCUT2D eigenvalue weighted by atomic mass is 9.62. The highest BCUT2D eigenvalue weighted by atomic mass is 35.5. The van der Waals surface area contributed by atoms with Crippen LogP contribution >= 0.6 is 23.2 Å². The maximum absolute atomic E-state index is 13.9. The predicted molar refractivity (Wildman–Crippen MR) is 172 cm³/mol. The minimum Gasteiger partial charge on any atom is -0.493 e. The van der Waals surface area contributed by atoms with Crippen LogP contribution in [0.1, 0.15) is 47.2 Å². The Balaban J connectivity index is 1.40. The van der Waals surface area contributed by atoms with Gasteiger partial charge in [0, 0.05) is 37.2 Å². The van der Waals surface area contributed by atoms with Gasteiger partial charge in [0.25, 0.3) is 5.91 Å². The van der Waals surface area contributed by atoms with Gasteiger partial charge in [0.1, 0.15) is 5.82 Å². The molecule has 4 atom stereocenters. The minimum atomic E-state index is -1.08. The number of hydrogen-bond acceptors (Lipinski definition) is 6. The molecule has 0 saturated carbocycles. The molecule has 0 aliphatic carbocycles. The van der Waals surface area contributed by atoms with Crippen molar-refractivity contribution in [3.63, 3.8) is 0 Å². The fourth-order valence-corrected chi connectivity index (χ4v) is 7.35. The molecule has 3 aromatic carbocycles. The first kappa shape index (κ1) is 32.9. The maximum atomic E-state index is 13.9. The van der Waals surface area contributed by atoms with E-state index >= 15 is 0 Å². The van der Waals surface area contributed by atoms with Crippen molar-refractivity contribution in [3.05, 3.63) is 87.2 Å². The van der Waals surface area contributed by atoms with E-state index < -0.39 is 11.3 Å². The summed E-state index contributed by atoms with van der Waals surface area (Å²) in [6, 6.07) is 14.8. The molecule has 8 nitrogen and oxygen atoms in total. The van der Waals surface area contributed by atoms with Gasteiger partial charge in [0.15, 0.2) is 11.5 Å². The number of piperidine rings is 1. The molecule has 2 N–H and O–H groups in total. The number of likely N-dealkylation sites (tertiary alicyclic amines) is 2. The summed E-state index contributed by atoms with van der Waals surface area (Å²) < 4.78 is 30.3. The van der Waals surface area contributed by atoms with Crippen LogP contribution in [0, 0.1) is 11.7 Å². The van der Waals surface area contributed by atoms with Crippen LogP contribution in [0.15, 0.2) is 54.6 Å². The molecule has 0 spiro atoms. The van der Waals surface area contributed by atoms with Crippen LogP contribution < -0.4 is 19.9 Å². The first-order valence-electron chi connectivity index (χ1n) is 14.9. The quantitative estimate of drug-likeness (QED) is 0.307. The molecule has 4 unspecified atom stereocenters. The molecule has 240 valence electrons. The van der Waals surface area contributed by atoms with Gasteiger partial charge in [-0.05, 0) is 79.8 Å². The van der Waals surface area contributed by atoms with Crippen molar-refractivity contribution in [3.8, 4) is 17.2 Å². The average Bonchev–Trinajstić information content (AvgIpc) is 3.55. The van der Waals surface area contributed by atoms with Crippen LogP contribution in [-0.2, 0) is 10.2 Å². The Morgan fingerprint density at radius 3 is 2.18 bits per heavy atom. The first-order valence-corrected chi connectivity index (χ1v) is 15.6. The van der Waals surface area contributed by atoms with Gasteiger partial charge in [-0.3, -0.25) is 14.5 Å². The molecular formula is C34H38Cl2FN3O5. The van der Waals surface area contributed by atoms with Crippen molar-refractivity contribution in [1.82, 2.24) is 9.80 Å². The number of hydrogen-bond donors (Lipinski definition) is 1. The molecule has 5 rings (SSSR count). The number of halogens is 3. The molecule has 2 aliphatic heterocycles. The predicted octanol–water partition coefficient (Wildman–Crippen LogP) is 5.92. The van der Waals surface area contributed by atoms with E-state index in [2.05, 4.69) is 11.8 Å². The zero-order valence-corrected chi connectivity index (χ0v) is 27.3. The smallest absolute Gasteiger partial charge is 0.254 e. The highest BCUT2D eigenvalue weighted by molar-refractivity contribution is 6.42. The van der Waals surface area contributed by atoms with Crippen LogP contribution in [0.5, 0.6) is 17.2 Å². The highest BCUT2D eigenvalue weighted by Gasteiger charge is 2.51. The number of carbonyl (C=O) groups excluding carboxylic acids is 2. The van der Waals surface area contributed by atoms with Crippen molar-refractivity contribution in [1.29, 1.82) is 0 Å². The van der Waals surface area contributed by atoms with Crippen LogP contribution in [0.4, 0.5) is 4.39 Å². The van der Waals surface area contributed by atoms with E-state index in [0.717, 1.165) is 12.0 Å². The Bertz CT molecular complexity index is 1550. The number of benzene rings is 3. The van der Waals surface area contributed by atoms with E-state index in [1.54, 1.807) is 36.4 Å². The number of carbonyl (C=O) groups is 2. The summed E-state index contributed by atoms with van der Waals surface area (Å²) in [5, 5.41) is 0.796. The van der Waals surface area contributed by atoms with E-state index in [9.17, 15) is 14.0 Å². The van der Waals surface area contributed by atoms with Crippen LogP contribution in [0.3, 0.4) is 0 Å². The zero-order chi connectivity index (χ0) is 32.5. The lowest BCUT2D eigenvalue weighted by Gasteiger charge is -2.49. The molecule has 2 fully saturated rings. The number of ether oxygens (including phenoxy) is 3. The summed E-state index contributed by atoms with van der Waals surface area (Å²) in [6.45, 7) is 4.45. The molecule has 2 aliphatic rings. The van der Waals surface area contributed by atoms with Gasteiger partial charge in [-0.15, -0.1) is 0 Å². The van der Waals surface area contributed by atoms with Gasteiger partial charge in [0.2, 0.25) is 11.7 Å². The third-order valence-electron chi connectivity index (χ3n) is 9.63. The fraction of sp³-hybridized carbons (Fsp3) is 0.412. The summed E-state index contributed by atoms with van der Waals surface area (Å²) in [4.78, 5) is 31.2. The Morgan fingerprint density at radius 2 is 1.60 bits per heavy atom. The third kappa shape index (κ3) is 6.18. The Hall–Kier alpha value is -3.53. The third-order valence-corrected chi connectivity index (χ3v) is 10.4. The molecule has 2 saturated heterocycles. The van der Waals surface area contributed by atoms with Gasteiger partial charge in [-0.25, -0.2) is 4.39 Å². The molecule has 0 radical (unpaired) electrons. The van der Waals surface area contributed by atoms with Gasteiger partial charge < -0.3 is 24.8 Å². The number of primary amides is 1. The number of nitrogens with two attached hydrogens (primary N) is 1. The standard InChI is InChI=1S/C34H38Cl2FN3O5/c1-20(22-11-13-40(18-22)32(41)23-16-29(43-2)31(45-4)30(17-23)44-3)39-14-12-34(33(38)42,24-6-8-25(37)9-7-24)26(19-39)21-5-10-27(35)28(36)15-21/h5-10,15-17,20,22,26H,11-14,18-19H2,1-4H3,(H2,38,42). The molecule has 45 heavy (non-hydrogen) atoms. The molecular weight excluding hydrogens is 620 g/mol. The van der Waals surface area contributed by atoms with Crippen molar-refractivity contribution < 1.29 is 28.2 Å². The van der Waals surface area contributed by atoms with Gasteiger partial charge >= 0.3 is 0 Å². The number of amides is 2. The number of methoxy groups -OCH3 is 3.